The van der Waals surface area contributed by atoms with Gasteiger partial charge in [0.05, 0.1) is 0 Å². The summed E-state index contributed by atoms with van der Waals surface area (Å²) in [6.07, 6.45) is 0. The second-order valence-electron chi connectivity index (χ2n) is 3.34. The van der Waals surface area contributed by atoms with Crippen LogP contribution in [-0.4, -0.2) is 20.3 Å². The highest BCUT2D eigenvalue weighted by Gasteiger charge is 2.17. The number of fused-ring (bicyclic) bond motifs is 1. The van der Waals surface area contributed by atoms with E-state index in [1.54, 1.807) is 0 Å². The highest BCUT2D eigenvalue weighted by Crippen LogP contribution is 2.25. The number of benzene rings is 1. The Balaban J connectivity index is 2.31. The lowest BCUT2D eigenvalue weighted by Gasteiger charge is -1.90. The lowest BCUT2D eigenvalue weighted by Crippen LogP contribution is -1.89. The molecule has 0 saturated carbocycles. The van der Waals surface area contributed by atoms with Crippen LogP contribution in [0.1, 0.15) is 0 Å². The second-order valence-corrected chi connectivity index (χ2v) is 3.34. The second kappa shape index (κ2) is 3.24. The summed E-state index contributed by atoms with van der Waals surface area (Å²) in [5.41, 5.74) is 5.39. The van der Waals surface area contributed by atoms with Crippen LogP contribution in [0, 0.1) is 11.6 Å². The summed E-state index contributed by atoms with van der Waals surface area (Å²) in [4.78, 5) is 6.44. The molecule has 0 amide bonds. The van der Waals surface area contributed by atoms with Gasteiger partial charge in [0.25, 0.3) is 0 Å². The molecule has 3 rings (SSSR count). The maximum atomic E-state index is 13.4. The van der Waals surface area contributed by atoms with Crippen molar-refractivity contribution in [3.05, 3.63) is 23.8 Å². The van der Waals surface area contributed by atoms with Gasteiger partial charge in [-0.25, -0.2) is 18.4 Å². The molecule has 3 aromatic rings. The molecule has 0 radical (unpaired) electrons. The first-order valence-electron chi connectivity index (χ1n) is 4.59. The zero-order valence-electron chi connectivity index (χ0n) is 8.24. The predicted molar refractivity (Wildman–Crippen MR) is 53.7 cm³/mol. The van der Waals surface area contributed by atoms with Crippen molar-refractivity contribution >= 4 is 16.9 Å². The summed E-state index contributed by atoms with van der Waals surface area (Å²) >= 11 is 0. The summed E-state index contributed by atoms with van der Waals surface area (Å²) in [7, 11) is 0. The highest BCUT2D eigenvalue weighted by atomic mass is 19.1. The maximum Gasteiger partial charge on any atom is 0.199 e. The van der Waals surface area contributed by atoms with Gasteiger partial charge in [-0.15, -0.1) is 0 Å². The third-order valence-corrected chi connectivity index (χ3v) is 2.28. The van der Waals surface area contributed by atoms with Crippen LogP contribution in [0.2, 0.25) is 0 Å². The molecule has 8 heteroatoms. The van der Waals surface area contributed by atoms with Crippen LogP contribution >= 0.6 is 0 Å². The van der Waals surface area contributed by atoms with Gasteiger partial charge in [0.1, 0.15) is 16.9 Å². The van der Waals surface area contributed by atoms with Gasteiger partial charge in [-0.3, -0.25) is 0 Å². The quantitative estimate of drug-likeness (QED) is 0.668. The molecular weight excluding hydrogens is 232 g/mol. The van der Waals surface area contributed by atoms with Crippen molar-refractivity contribution < 1.29 is 13.4 Å². The van der Waals surface area contributed by atoms with Crippen molar-refractivity contribution in [2.75, 3.05) is 5.73 Å². The van der Waals surface area contributed by atoms with Gasteiger partial charge in [-0.05, 0) is 22.4 Å². The summed E-state index contributed by atoms with van der Waals surface area (Å²) in [5, 5.41) is 6.84. The van der Waals surface area contributed by atoms with Gasteiger partial charge in [0.2, 0.25) is 0 Å². The fraction of sp³-hybridized carbons (Fsp3) is 0. The SMILES string of the molecule is Nc1nonc1-c1nc2c(F)ccc(F)c2[nH]1. The van der Waals surface area contributed by atoms with Gasteiger partial charge < -0.3 is 10.7 Å². The van der Waals surface area contributed by atoms with E-state index in [-0.39, 0.29) is 28.4 Å². The summed E-state index contributed by atoms with van der Waals surface area (Å²) in [6.45, 7) is 0. The molecule has 0 atom stereocenters. The van der Waals surface area contributed by atoms with Crippen molar-refractivity contribution in [1.29, 1.82) is 0 Å². The number of nitrogens with two attached hydrogens (primary N) is 1. The van der Waals surface area contributed by atoms with Crippen molar-refractivity contribution in [3.8, 4) is 11.5 Å². The molecule has 0 saturated heterocycles. The van der Waals surface area contributed by atoms with Crippen LogP contribution in [0.15, 0.2) is 16.8 Å². The van der Waals surface area contributed by atoms with E-state index in [0.29, 0.717) is 0 Å². The Kier molecular flexibility index (Phi) is 1.85. The van der Waals surface area contributed by atoms with E-state index >= 15 is 0 Å². The monoisotopic (exact) mass is 237 g/mol. The zero-order valence-corrected chi connectivity index (χ0v) is 8.24. The number of hydrogen-bond donors (Lipinski definition) is 2. The molecule has 0 aliphatic carbocycles. The van der Waals surface area contributed by atoms with Crippen LogP contribution < -0.4 is 5.73 Å². The zero-order chi connectivity index (χ0) is 12.0. The summed E-state index contributed by atoms with van der Waals surface area (Å²) in [6, 6.07) is 2.00. The number of nitrogen functional groups attached to an aromatic ring is 1. The molecule has 2 heterocycles. The number of nitrogens with one attached hydrogen (secondary N) is 1. The Bertz CT molecular complexity index is 666. The molecule has 86 valence electrons. The standard InChI is InChI=1S/C9H5F2N5O/c10-3-1-2-4(11)6-5(3)13-9(14-6)7-8(12)16-17-15-7/h1-2H,(H2,12,16)(H,13,14). The third-order valence-electron chi connectivity index (χ3n) is 2.28. The molecule has 17 heavy (non-hydrogen) atoms. The number of aromatic amines is 1. The predicted octanol–water partition coefficient (Wildman–Crippen LogP) is 1.47. The summed E-state index contributed by atoms with van der Waals surface area (Å²) in [5.74, 6) is -1.17. The third kappa shape index (κ3) is 1.34. The number of rotatable bonds is 1. The molecule has 0 aliphatic rings. The fourth-order valence-electron chi connectivity index (χ4n) is 1.50. The van der Waals surface area contributed by atoms with Crippen molar-refractivity contribution in [3.63, 3.8) is 0 Å². The summed E-state index contributed by atoms with van der Waals surface area (Å²) < 4.78 is 31.2. The minimum Gasteiger partial charge on any atom is -0.379 e. The minimum atomic E-state index is -0.640. The molecule has 1 aromatic carbocycles. The van der Waals surface area contributed by atoms with E-state index in [9.17, 15) is 8.78 Å². The molecule has 0 fully saturated rings. The first kappa shape index (κ1) is 9.70. The van der Waals surface area contributed by atoms with Crippen LogP contribution in [-0.2, 0) is 0 Å². The molecule has 0 aliphatic heterocycles. The average Bonchev–Trinajstić information content (AvgIpc) is 2.89. The van der Waals surface area contributed by atoms with Gasteiger partial charge in [-0.2, -0.15) is 0 Å². The Hall–Kier alpha value is -2.51. The lowest BCUT2D eigenvalue weighted by molar-refractivity contribution is 0.310. The van der Waals surface area contributed by atoms with Crippen LogP contribution in [0.5, 0.6) is 0 Å². The first-order valence-corrected chi connectivity index (χ1v) is 4.59. The number of imidazole rings is 1. The van der Waals surface area contributed by atoms with E-state index in [2.05, 4.69) is 24.9 Å². The van der Waals surface area contributed by atoms with E-state index in [1.807, 2.05) is 0 Å². The number of hydrogen-bond acceptors (Lipinski definition) is 5. The molecule has 2 aromatic heterocycles. The molecule has 0 bridgehead atoms. The fourth-order valence-corrected chi connectivity index (χ4v) is 1.50. The Labute approximate surface area is 92.4 Å². The van der Waals surface area contributed by atoms with Gasteiger partial charge in [-0.1, -0.05) is 0 Å². The number of H-pyrrole nitrogens is 1. The maximum absolute atomic E-state index is 13.4. The van der Waals surface area contributed by atoms with Gasteiger partial charge >= 0.3 is 0 Å². The molecule has 6 nitrogen and oxygen atoms in total. The first-order chi connectivity index (χ1) is 8.16. The Morgan fingerprint density at radius 3 is 2.59 bits per heavy atom. The Morgan fingerprint density at radius 1 is 1.18 bits per heavy atom. The Morgan fingerprint density at radius 2 is 1.94 bits per heavy atom. The van der Waals surface area contributed by atoms with Crippen molar-refractivity contribution in [2.24, 2.45) is 0 Å². The molecule has 0 spiro atoms. The van der Waals surface area contributed by atoms with Crippen LogP contribution in [0.25, 0.3) is 22.6 Å². The van der Waals surface area contributed by atoms with Crippen LogP contribution in [0.3, 0.4) is 0 Å². The van der Waals surface area contributed by atoms with Crippen LogP contribution in [0.4, 0.5) is 14.6 Å². The highest BCUT2D eigenvalue weighted by molar-refractivity contribution is 5.81. The normalized spacial score (nSPS) is 11.2. The smallest absolute Gasteiger partial charge is 0.199 e. The number of anilines is 1. The number of halogens is 2. The van der Waals surface area contributed by atoms with E-state index in [4.69, 9.17) is 5.73 Å². The molecule has 3 N–H and O–H groups in total. The van der Waals surface area contributed by atoms with Crippen molar-refractivity contribution in [1.82, 2.24) is 20.3 Å². The molecule has 0 unspecified atom stereocenters. The van der Waals surface area contributed by atoms with E-state index in [1.165, 1.54) is 0 Å². The average molecular weight is 237 g/mol. The lowest BCUT2D eigenvalue weighted by atomic mass is 10.3. The topological polar surface area (TPSA) is 93.6 Å². The van der Waals surface area contributed by atoms with Gasteiger partial charge in [0.15, 0.2) is 23.2 Å². The largest absolute Gasteiger partial charge is 0.379 e. The molecular formula is C9H5F2N5O. The minimum absolute atomic E-state index is 0.00938. The number of aromatic nitrogens is 4. The van der Waals surface area contributed by atoms with E-state index in [0.717, 1.165) is 12.1 Å². The van der Waals surface area contributed by atoms with Crippen molar-refractivity contribution in [2.45, 2.75) is 0 Å². The van der Waals surface area contributed by atoms with E-state index < -0.39 is 11.6 Å². The number of nitrogens with zero attached hydrogens (tertiary/aromatic N) is 3. The van der Waals surface area contributed by atoms with Gasteiger partial charge in [0, 0.05) is 0 Å².